The van der Waals surface area contributed by atoms with Crippen molar-refractivity contribution in [3.05, 3.63) is 63.4 Å². The lowest BCUT2D eigenvalue weighted by atomic mass is 10.1. The highest BCUT2D eigenvalue weighted by molar-refractivity contribution is 8.00. The summed E-state index contributed by atoms with van der Waals surface area (Å²) >= 11 is 1.35. The molecule has 3 aromatic rings. The third-order valence-electron chi connectivity index (χ3n) is 5.26. The first-order chi connectivity index (χ1) is 13.8. The standard InChI is InChI=1S/C23H25N3O2S/c1-13-11-14(2)20(15(3)12-13)25-21(27)16(4)29-23-24-19-8-6-5-7-18(19)22(28)26(23)17-9-10-17/h5-8,11-12,16-17H,9-10H2,1-4H3,(H,25,27)/t16-/m1/s1. The average molecular weight is 408 g/mol. The molecule has 2 aromatic carbocycles. The number of aromatic nitrogens is 2. The molecule has 6 heteroatoms. The van der Waals surface area contributed by atoms with Crippen molar-refractivity contribution in [2.75, 3.05) is 5.32 Å². The van der Waals surface area contributed by atoms with Gasteiger partial charge in [0.15, 0.2) is 5.16 Å². The Hall–Kier alpha value is -2.60. The highest BCUT2D eigenvalue weighted by atomic mass is 32.2. The van der Waals surface area contributed by atoms with Crippen molar-refractivity contribution in [2.24, 2.45) is 0 Å². The van der Waals surface area contributed by atoms with E-state index >= 15 is 0 Å². The molecule has 1 amide bonds. The zero-order chi connectivity index (χ0) is 20.7. The smallest absolute Gasteiger partial charge is 0.262 e. The number of rotatable bonds is 5. The number of carbonyl (C=O) groups excluding carboxylic acids is 1. The van der Waals surface area contributed by atoms with Gasteiger partial charge in [0.1, 0.15) is 0 Å². The van der Waals surface area contributed by atoms with Crippen LogP contribution in [0.25, 0.3) is 10.9 Å². The fraction of sp³-hybridized carbons (Fsp3) is 0.348. The molecule has 1 aromatic heterocycles. The summed E-state index contributed by atoms with van der Waals surface area (Å²) in [6, 6.07) is 11.7. The van der Waals surface area contributed by atoms with Gasteiger partial charge in [0.2, 0.25) is 5.91 Å². The van der Waals surface area contributed by atoms with E-state index in [9.17, 15) is 9.59 Å². The Morgan fingerprint density at radius 2 is 1.83 bits per heavy atom. The third-order valence-corrected chi connectivity index (χ3v) is 6.33. The molecule has 5 nitrogen and oxygen atoms in total. The lowest BCUT2D eigenvalue weighted by Gasteiger charge is -2.18. The number of fused-ring (bicyclic) bond motifs is 1. The van der Waals surface area contributed by atoms with E-state index < -0.39 is 0 Å². The summed E-state index contributed by atoms with van der Waals surface area (Å²) in [5, 5.41) is 3.94. The van der Waals surface area contributed by atoms with Gasteiger partial charge in [0.05, 0.1) is 16.2 Å². The number of hydrogen-bond acceptors (Lipinski definition) is 4. The van der Waals surface area contributed by atoms with E-state index in [0.717, 1.165) is 29.7 Å². The van der Waals surface area contributed by atoms with E-state index in [0.29, 0.717) is 16.1 Å². The molecule has 1 aliphatic rings. The predicted molar refractivity (Wildman–Crippen MR) is 119 cm³/mol. The SMILES string of the molecule is Cc1cc(C)c(NC(=O)[C@@H](C)Sc2nc3ccccc3c(=O)n2C2CC2)c(C)c1. The Kier molecular flexibility index (Phi) is 5.21. The van der Waals surface area contributed by atoms with Crippen LogP contribution in [0.1, 0.15) is 42.5 Å². The number of benzene rings is 2. The second-order valence-corrected chi connectivity index (χ2v) is 9.15. The number of hydrogen-bond donors (Lipinski definition) is 1. The molecule has 29 heavy (non-hydrogen) atoms. The normalized spacial score (nSPS) is 14.8. The number of para-hydroxylation sites is 1. The van der Waals surface area contributed by atoms with Crippen LogP contribution in [0.15, 0.2) is 46.3 Å². The molecular weight excluding hydrogens is 382 g/mol. The number of carbonyl (C=O) groups is 1. The third kappa shape index (κ3) is 3.94. The van der Waals surface area contributed by atoms with E-state index in [1.54, 1.807) is 4.57 Å². The molecule has 1 fully saturated rings. The maximum atomic E-state index is 13.0. The van der Waals surface area contributed by atoms with Gasteiger partial charge in [0.25, 0.3) is 5.56 Å². The summed E-state index contributed by atoms with van der Waals surface area (Å²) in [7, 11) is 0. The number of anilines is 1. The van der Waals surface area contributed by atoms with E-state index in [-0.39, 0.29) is 22.8 Å². The van der Waals surface area contributed by atoms with Gasteiger partial charge in [-0.3, -0.25) is 14.2 Å². The predicted octanol–water partition coefficient (Wildman–Crippen LogP) is 4.78. The Morgan fingerprint density at radius 3 is 2.48 bits per heavy atom. The van der Waals surface area contributed by atoms with Crippen LogP contribution in [0.4, 0.5) is 5.69 Å². The Labute approximate surface area is 174 Å². The van der Waals surface area contributed by atoms with Crippen LogP contribution in [-0.4, -0.2) is 20.7 Å². The van der Waals surface area contributed by atoms with Gasteiger partial charge in [-0.1, -0.05) is 41.6 Å². The van der Waals surface area contributed by atoms with Crippen LogP contribution in [0, 0.1) is 20.8 Å². The van der Waals surface area contributed by atoms with Crippen molar-refractivity contribution in [3.8, 4) is 0 Å². The molecule has 1 aliphatic carbocycles. The Morgan fingerprint density at radius 1 is 1.17 bits per heavy atom. The number of thioether (sulfide) groups is 1. The van der Waals surface area contributed by atoms with Gasteiger partial charge in [-0.25, -0.2) is 4.98 Å². The van der Waals surface area contributed by atoms with E-state index in [2.05, 4.69) is 17.4 Å². The second kappa shape index (κ2) is 7.67. The van der Waals surface area contributed by atoms with Crippen molar-refractivity contribution < 1.29 is 4.79 Å². The second-order valence-electron chi connectivity index (χ2n) is 7.84. The van der Waals surface area contributed by atoms with Crippen LogP contribution in [0.5, 0.6) is 0 Å². The summed E-state index contributed by atoms with van der Waals surface area (Å²) in [5.74, 6) is -0.0881. The minimum Gasteiger partial charge on any atom is -0.325 e. The lowest BCUT2D eigenvalue weighted by molar-refractivity contribution is -0.115. The molecular formula is C23H25N3O2S. The fourth-order valence-corrected chi connectivity index (χ4v) is 4.66. The zero-order valence-electron chi connectivity index (χ0n) is 17.2. The van der Waals surface area contributed by atoms with Gasteiger partial charge in [-0.15, -0.1) is 0 Å². The quantitative estimate of drug-likeness (QED) is 0.488. The summed E-state index contributed by atoms with van der Waals surface area (Å²) in [4.78, 5) is 30.6. The molecule has 0 radical (unpaired) electrons. The molecule has 1 atom stereocenters. The Bertz CT molecular complexity index is 1140. The lowest BCUT2D eigenvalue weighted by Crippen LogP contribution is -2.27. The monoisotopic (exact) mass is 407 g/mol. The molecule has 0 saturated heterocycles. The minimum atomic E-state index is -0.381. The number of aryl methyl sites for hydroxylation is 3. The van der Waals surface area contributed by atoms with Gasteiger partial charge < -0.3 is 5.32 Å². The summed E-state index contributed by atoms with van der Waals surface area (Å²) < 4.78 is 1.78. The molecule has 1 heterocycles. The summed E-state index contributed by atoms with van der Waals surface area (Å²) in [5.41, 5.74) is 4.79. The first-order valence-electron chi connectivity index (χ1n) is 9.92. The van der Waals surface area contributed by atoms with E-state index in [1.807, 2.05) is 52.0 Å². The fourth-order valence-electron chi connectivity index (χ4n) is 3.68. The van der Waals surface area contributed by atoms with E-state index in [4.69, 9.17) is 4.98 Å². The Balaban J connectivity index is 1.62. The highest BCUT2D eigenvalue weighted by Gasteiger charge is 2.30. The van der Waals surface area contributed by atoms with Crippen molar-refractivity contribution in [3.63, 3.8) is 0 Å². The average Bonchev–Trinajstić information content (AvgIpc) is 3.49. The number of nitrogens with one attached hydrogen (secondary N) is 1. The van der Waals surface area contributed by atoms with Crippen molar-refractivity contribution >= 4 is 34.3 Å². The van der Waals surface area contributed by atoms with Crippen molar-refractivity contribution in [1.82, 2.24) is 9.55 Å². The van der Waals surface area contributed by atoms with Crippen molar-refractivity contribution in [1.29, 1.82) is 0 Å². The molecule has 0 spiro atoms. The topological polar surface area (TPSA) is 64.0 Å². The molecule has 150 valence electrons. The maximum Gasteiger partial charge on any atom is 0.262 e. The van der Waals surface area contributed by atoms with Crippen LogP contribution in [0.3, 0.4) is 0 Å². The molecule has 0 unspecified atom stereocenters. The number of amides is 1. The molecule has 1 saturated carbocycles. The van der Waals surface area contributed by atoms with E-state index in [1.165, 1.54) is 17.3 Å². The van der Waals surface area contributed by atoms with Gasteiger partial charge in [-0.2, -0.15) is 0 Å². The van der Waals surface area contributed by atoms with Crippen LogP contribution >= 0.6 is 11.8 Å². The summed E-state index contributed by atoms with van der Waals surface area (Å²) in [6.07, 6.45) is 1.96. The summed E-state index contributed by atoms with van der Waals surface area (Å²) in [6.45, 7) is 7.91. The van der Waals surface area contributed by atoms with Crippen molar-refractivity contribution in [2.45, 2.75) is 57.0 Å². The largest absolute Gasteiger partial charge is 0.325 e. The molecule has 4 rings (SSSR count). The van der Waals surface area contributed by atoms with Gasteiger partial charge in [-0.05, 0) is 63.8 Å². The minimum absolute atomic E-state index is 0.0153. The zero-order valence-corrected chi connectivity index (χ0v) is 18.0. The first-order valence-corrected chi connectivity index (χ1v) is 10.8. The maximum absolute atomic E-state index is 13.0. The molecule has 0 aliphatic heterocycles. The van der Waals surface area contributed by atoms with Crippen LogP contribution in [0.2, 0.25) is 0 Å². The molecule has 0 bridgehead atoms. The highest BCUT2D eigenvalue weighted by Crippen LogP contribution is 2.37. The first kappa shape index (κ1) is 19.7. The number of nitrogens with zero attached hydrogens (tertiary/aromatic N) is 2. The van der Waals surface area contributed by atoms with Crippen LogP contribution < -0.4 is 10.9 Å². The van der Waals surface area contributed by atoms with Crippen LogP contribution in [-0.2, 0) is 4.79 Å². The van der Waals surface area contributed by atoms with Gasteiger partial charge >= 0.3 is 0 Å². The molecule has 1 N–H and O–H groups in total. The van der Waals surface area contributed by atoms with Gasteiger partial charge in [0, 0.05) is 11.7 Å².